The molecule has 0 bridgehead atoms. The highest BCUT2D eigenvalue weighted by Gasteiger charge is 2.19. The number of tetrazole rings is 1. The van der Waals surface area contributed by atoms with Gasteiger partial charge in [0.25, 0.3) is 0 Å². The van der Waals surface area contributed by atoms with Crippen LogP contribution in [-0.2, 0) is 21.4 Å². The molecule has 2 aromatic heterocycles. The highest BCUT2D eigenvalue weighted by atomic mass is 35.5. The fourth-order valence-corrected chi connectivity index (χ4v) is 5.25. The normalized spacial score (nSPS) is 11.5. The van der Waals surface area contributed by atoms with Gasteiger partial charge in [-0.15, -0.1) is 5.10 Å². The number of hydrogen-bond acceptors (Lipinski definition) is 7. The molecule has 0 aliphatic heterocycles. The first kappa shape index (κ1) is 28.7. The molecule has 12 heteroatoms. The van der Waals surface area contributed by atoms with Gasteiger partial charge in [0, 0.05) is 11.1 Å². The molecule has 5 aromatic rings. The van der Waals surface area contributed by atoms with Crippen LogP contribution in [0.25, 0.3) is 16.7 Å². The second-order valence-electron chi connectivity index (χ2n) is 10.3. The van der Waals surface area contributed by atoms with Crippen LogP contribution in [0.15, 0.2) is 76.5 Å². The van der Waals surface area contributed by atoms with Gasteiger partial charge in [0.05, 0.1) is 39.9 Å². The van der Waals surface area contributed by atoms with Crippen LogP contribution in [0.3, 0.4) is 0 Å². The lowest BCUT2D eigenvalue weighted by atomic mass is 9.87. The molecule has 0 unspecified atom stereocenters. The largest absolute Gasteiger partial charge is 0.464 e. The number of rotatable bonds is 8. The smallest absolute Gasteiger partial charge is 0.234 e. The van der Waals surface area contributed by atoms with Crippen molar-refractivity contribution < 1.29 is 14.0 Å². The summed E-state index contributed by atoms with van der Waals surface area (Å²) in [6, 6.07) is 18.1. The van der Waals surface area contributed by atoms with Crippen LogP contribution in [0, 0.1) is 0 Å². The third-order valence-corrected chi connectivity index (χ3v) is 7.76. The van der Waals surface area contributed by atoms with Crippen LogP contribution in [0.4, 0.5) is 11.4 Å². The highest BCUT2D eigenvalue weighted by Crippen LogP contribution is 2.31. The van der Waals surface area contributed by atoms with Crippen molar-refractivity contribution in [2.45, 2.75) is 37.8 Å². The minimum atomic E-state index is -0.300. The summed E-state index contributed by atoms with van der Waals surface area (Å²) in [6.07, 6.45) is 1.79. The van der Waals surface area contributed by atoms with Crippen molar-refractivity contribution in [3.63, 3.8) is 0 Å². The van der Waals surface area contributed by atoms with Crippen LogP contribution in [0.1, 0.15) is 31.9 Å². The number of aromatic nitrogens is 4. The van der Waals surface area contributed by atoms with E-state index < -0.39 is 0 Å². The SMILES string of the molecule is CC(C)(C)c1ccc(-n2nnnc2SCC(=O)Nc2ccc(NC(=O)Cc3ccc4ccoc4c3)cc2Cl)c(Cl)c1. The lowest BCUT2D eigenvalue weighted by molar-refractivity contribution is -0.115. The Labute approximate surface area is 250 Å². The van der Waals surface area contributed by atoms with Gasteiger partial charge >= 0.3 is 0 Å². The number of thioether (sulfide) groups is 1. The van der Waals surface area contributed by atoms with Crippen LogP contribution in [0.2, 0.25) is 10.0 Å². The molecule has 2 N–H and O–H groups in total. The Morgan fingerprint density at radius 2 is 1.78 bits per heavy atom. The molecule has 0 fully saturated rings. The molecule has 0 aliphatic rings. The average Bonchev–Trinajstić information content (AvgIpc) is 3.57. The maximum atomic E-state index is 12.7. The van der Waals surface area contributed by atoms with Crippen LogP contribution in [0.5, 0.6) is 0 Å². The second kappa shape index (κ2) is 11.9. The number of nitrogens with zero attached hydrogens (tertiary/aromatic N) is 4. The Hall–Kier alpha value is -3.86. The summed E-state index contributed by atoms with van der Waals surface area (Å²) in [5.74, 6) is -0.468. The number of anilines is 2. The summed E-state index contributed by atoms with van der Waals surface area (Å²) in [7, 11) is 0. The number of amides is 2. The quantitative estimate of drug-likeness (QED) is 0.184. The summed E-state index contributed by atoms with van der Waals surface area (Å²) in [4.78, 5) is 25.3. The molecule has 3 aromatic carbocycles. The number of benzene rings is 3. The zero-order valence-electron chi connectivity index (χ0n) is 22.4. The first-order chi connectivity index (χ1) is 19.6. The molecule has 0 atom stereocenters. The number of halogens is 2. The maximum absolute atomic E-state index is 12.7. The lowest BCUT2D eigenvalue weighted by Gasteiger charge is -2.20. The zero-order valence-corrected chi connectivity index (χ0v) is 24.8. The van der Waals surface area contributed by atoms with E-state index in [1.807, 2.05) is 42.5 Å². The van der Waals surface area contributed by atoms with E-state index in [1.54, 1.807) is 24.5 Å². The number of furan rings is 1. The van der Waals surface area contributed by atoms with Crippen molar-refractivity contribution in [1.29, 1.82) is 0 Å². The van der Waals surface area contributed by atoms with Crippen molar-refractivity contribution >= 4 is 69.1 Å². The predicted molar refractivity (Wildman–Crippen MR) is 162 cm³/mol. The molecule has 9 nitrogen and oxygen atoms in total. The van der Waals surface area contributed by atoms with Crippen molar-refractivity contribution in [3.05, 3.63) is 88.1 Å². The Kier molecular flexibility index (Phi) is 8.35. The van der Waals surface area contributed by atoms with E-state index in [4.69, 9.17) is 27.6 Å². The monoisotopic (exact) mass is 608 g/mol. The van der Waals surface area contributed by atoms with Gasteiger partial charge in [0.2, 0.25) is 17.0 Å². The molecule has 0 saturated carbocycles. The van der Waals surface area contributed by atoms with Crippen molar-refractivity contribution in [1.82, 2.24) is 20.2 Å². The number of hydrogen-bond donors (Lipinski definition) is 2. The Bertz CT molecular complexity index is 1740. The average molecular weight is 610 g/mol. The summed E-state index contributed by atoms with van der Waals surface area (Å²) >= 11 is 14.1. The van der Waals surface area contributed by atoms with E-state index in [1.165, 1.54) is 4.68 Å². The minimum absolute atomic E-state index is 0.0346. The van der Waals surface area contributed by atoms with Gasteiger partial charge in [-0.25, -0.2) is 0 Å². The third kappa shape index (κ3) is 6.90. The lowest BCUT2D eigenvalue weighted by Crippen LogP contribution is -2.16. The van der Waals surface area contributed by atoms with E-state index in [0.29, 0.717) is 27.2 Å². The van der Waals surface area contributed by atoms with E-state index in [2.05, 4.69) is 46.9 Å². The van der Waals surface area contributed by atoms with Crippen LogP contribution in [-0.4, -0.2) is 37.8 Å². The fraction of sp³-hybridized carbons (Fsp3) is 0.207. The Morgan fingerprint density at radius 1 is 0.951 bits per heavy atom. The van der Waals surface area contributed by atoms with E-state index in [-0.39, 0.29) is 34.4 Å². The Balaban J connectivity index is 1.17. The number of carbonyl (C=O) groups is 2. The molecule has 0 spiro atoms. The molecule has 2 heterocycles. The first-order valence-corrected chi connectivity index (χ1v) is 14.4. The third-order valence-electron chi connectivity index (χ3n) is 6.23. The van der Waals surface area contributed by atoms with Gasteiger partial charge in [-0.05, 0) is 69.4 Å². The highest BCUT2D eigenvalue weighted by molar-refractivity contribution is 7.99. The second-order valence-corrected chi connectivity index (χ2v) is 12.1. The van der Waals surface area contributed by atoms with Gasteiger partial charge in [-0.2, -0.15) is 4.68 Å². The number of fused-ring (bicyclic) bond motifs is 1. The predicted octanol–water partition coefficient (Wildman–Crippen LogP) is 6.92. The van der Waals surface area contributed by atoms with E-state index in [9.17, 15) is 9.59 Å². The molecular formula is C29H26Cl2N6O3S. The molecular weight excluding hydrogens is 583 g/mol. The van der Waals surface area contributed by atoms with Crippen LogP contribution < -0.4 is 10.6 Å². The topological polar surface area (TPSA) is 115 Å². The van der Waals surface area contributed by atoms with Gasteiger partial charge in [0.1, 0.15) is 5.58 Å². The molecule has 0 radical (unpaired) electrons. The maximum Gasteiger partial charge on any atom is 0.234 e. The minimum Gasteiger partial charge on any atom is -0.464 e. The van der Waals surface area contributed by atoms with Crippen molar-refractivity contribution in [2.24, 2.45) is 0 Å². The fourth-order valence-electron chi connectivity index (χ4n) is 4.08. The molecule has 0 saturated heterocycles. The van der Waals surface area contributed by atoms with Crippen molar-refractivity contribution in [3.8, 4) is 5.69 Å². The summed E-state index contributed by atoms with van der Waals surface area (Å²) < 4.78 is 6.90. The standard InChI is InChI=1S/C29H26Cl2N6O3S/c1-29(2,3)19-6-9-24(22(31)14-19)37-28(34-35-36-37)41-16-27(39)33-23-8-7-20(15-21(23)30)32-26(38)13-17-4-5-18-10-11-40-25(18)12-17/h4-12,14-15H,13,16H2,1-3H3,(H,32,38)(H,33,39). The van der Waals surface area contributed by atoms with Crippen molar-refractivity contribution in [2.75, 3.05) is 16.4 Å². The van der Waals surface area contributed by atoms with Gasteiger partial charge in [-0.3, -0.25) is 9.59 Å². The summed E-state index contributed by atoms with van der Waals surface area (Å²) in [5, 5.41) is 19.6. The van der Waals surface area contributed by atoms with Gasteiger partial charge in [0.15, 0.2) is 0 Å². The molecule has 210 valence electrons. The summed E-state index contributed by atoms with van der Waals surface area (Å²) in [5.41, 5.74) is 4.13. The first-order valence-electron chi connectivity index (χ1n) is 12.6. The number of carbonyl (C=O) groups excluding carboxylic acids is 2. The van der Waals surface area contributed by atoms with E-state index >= 15 is 0 Å². The molecule has 41 heavy (non-hydrogen) atoms. The number of nitrogens with one attached hydrogen (secondary N) is 2. The summed E-state index contributed by atoms with van der Waals surface area (Å²) in [6.45, 7) is 6.32. The van der Waals surface area contributed by atoms with E-state index in [0.717, 1.165) is 33.9 Å². The van der Waals surface area contributed by atoms with Gasteiger partial charge < -0.3 is 15.1 Å². The van der Waals surface area contributed by atoms with Gasteiger partial charge in [-0.1, -0.05) is 73.9 Å². The van der Waals surface area contributed by atoms with Crippen LogP contribution >= 0.6 is 35.0 Å². The molecule has 5 rings (SSSR count). The molecule has 0 aliphatic carbocycles. The zero-order chi connectivity index (χ0) is 29.1. The molecule has 2 amide bonds. The Morgan fingerprint density at radius 3 is 2.54 bits per heavy atom.